The van der Waals surface area contributed by atoms with E-state index in [1.807, 2.05) is 84.6 Å². The number of benzene rings is 3. The van der Waals surface area contributed by atoms with Crippen molar-refractivity contribution in [1.29, 1.82) is 0 Å². The van der Waals surface area contributed by atoms with Crippen LogP contribution in [0.2, 0.25) is 0 Å². The van der Waals surface area contributed by atoms with Gasteiger partial charge in [0.25, 0.3) is 5.91 Å². The molecule has 7 heteroatoms. The lowest BCUT2D eigenvalue weighted by molar-refractivity contribution is 0.0733. The molecule has 0 saturated heterocycles. The minimum absolute atomic E-state index is 0.0370. The molecule has 0 spiro atoms. The van der Waals surface area contributed by atoms with Gasteiger partial charge in [0.1, 0.15) is 17.2 Å². The third-order valence-electron chi connectivity index (χ3n) is 6.52. The van der Waals surface area contributed by atoms with Crippen LogP contribution in [0, 0.1) is 12.8 Å². The summed E-state index contributed by atoms with van der Waals surface area (Å²) in [6.07, 6.45) is 2.27. The molecule has 37 heavy (non-hydrogen) atoms. The average molecular weight is 498 g/mol. The molecule has 190 valence electrons. The van der Waals surface area contributed by atoms with E-state index in [2.05, 4.69) is 0 Å². The highest BCUT2D eigenvalue weighted by atomic mass is 16.5. The SMILES string of the molecule is COc1cccc(Oc2c(CN(CC3CC3)C(=O)c3cccc(OC)c3)c(C)nn2-c2ccccc2)c1. The summed E-state index contributed by atoms with van der Waals surface area (Å²) in [4.78, 5) is 15.6. The van der Waals surface area contributed by atoms with Gasteiger partial charge in [-0.2, -0.15) is 5.10 Å². The molecule has 5 rings (SSSR count). The molecule has 0 unspecified atom stereocenters. The van der Waals surface area contributed by atoms with E-state index in [-0.39, 0.29) is 5.91 Å². The topological polar surface area (TPSA) is 65.8 Å². The van der Waals surface area contributed by atoms with Gasteiger partial charge < -0.3 is 19.1 Å². The number of carbonyl (C=O) groups excluding carboxylic acids is 1. The van der Waals surface area contributed by atoms with Crippen LogP contribution in [0.25, 0.3) is 5.69 Å². The third-order valence-corrected chi connectivity index (χ3v) is 6.52. The lowest BCUT2D eigenvalue weighted by atomic mass is 10.1. The fourth-order valence-electron chi connectivity index (χ4n) is 4.31. The van der Waals surface area contributed by atoms with Crippen molar-refractivity contribution in [2.45, 2.75) is 26.3 Å². The molecule has 4 aromatic rings. The predicted octanol–water partition coefficient (Wildman–Crippen LogP) is 6.04. The number of amides is 1. The molecule has 0 N–H and O–H groups in total. The molecule has 1 aliphatic rings. The van der Waals surface area contributed by atoms with Crippen LogP contribution >= 0.6 is 0 Å². The van der Waals surface area contributed by atoms with Crippen molar-refractivity contribution in [3.63, 3.8) is 0 Å². The number of aryl methyl sites for hydroxylation is 1. The minimum atomic E-state index is -0.0370. The average Bonchev–Trinajstić information content (AvgIpc) is 3.72. The Morgan fingerprint density at radius 1 is 0.919 bits per heavy atom. The standard InChI is InChI=1S/C30H31N3O4/c1-21-28(20-32(19-22-15-16-22)29(34)23-9-7-12-25(17-23)35-2)30(33(31-21)24-10-5-4-6-11-24)37-27-14-8-13-26(18-27)36-3/h4-14,17-18,22H,15-16,19-20H2,1-3H3. The summed E-state index contributed by atoms with van der Waals surface area (Å²) in [5.74, 6) is 3.05. The lowest BCUT2D eigenvalue weighted by Gasteiger charge is -2.23. The van der Waals surface area contributed by atoms with Crippen molar-refractivity contribution < 1.29 is 19.0 Å². The van der Waals surface area contributed by atoms with Crippen LogP contribution < -0.4 is 14.2 Å². The first-order valence-corrected chi connectivity index (χ1v) is 12.4. The van der Waals surface area contributed by atoms with E-state index in [4.69, 9.17) is 19.3 Å². The monoisotopic (exact) mass is 497 g/mol. The van der Waals surface area contributed by atoms with Crippen molar-refractivity contribution in [2.24, 2.45) is 5.92 Å². The van der Waals surface area contributed by atoms with Gasteiger partial charge >= 0.3 is 0 Å². The number of para-hydroxylation sites is 1. The number of hydrogen-bond donors (Lipinski definition) is 0. The van der Waals surface area contributed by atoms with Crippen molar-refractivity contribution in [2.75, 3.05) is 20.8 Å². The van der Waals surface area contributed by atoms with Crippen LogP contribution in [-0.2, 0) is 6.54 Å². The number of hydrogen-bond acceptors (Lipinski definition) is 5. The van der Waals surface area contributed by atoms with Gasteiger partial charge in [0.15, 0.2) is 0 Å². The summed E-state index contributed by atoms with van der Waals surface area (Å²) in [5, 5.41) is 4.83. The zero-order valence-electron chi connectivity index (χ0n) is 21.4. The van der Waals surface area contributed by atoms with E-state index >= 15 is 0 Å². The largest absolute Gasteiger partial charge is 0.497 e. The van der Waals surface area contributed by atoms with E-state index < -0.39 is 0 Å². The first kappa shape index (κ1) is 24.4. The van der Waals surface area contributed by atoms with Gasteiger partial charge in [-0.15, -0.1) is 0 Å². The zero-order chi connectivity index (χ0) is 25.8. The Morgan fingerprint density at radius 2 is 1.59 bits per heavy atom. The molecule has 1 saturated carbocycles. The zero-order valence-corrected chi connectivity index (χ0v) is 21.4. The van der Waals surface area contributed by atoms with Crippen molar-refractivity contribution in [1.82, 2.24) is 14.7 Å². The summed E-state index contributed by atoms with van der Waals surface area (Å²) in [5.41, 5.74) is 3.15. The highest BCUT2D eigenvalue weighted by molar-refractivity contribution is 5.94. The minimum Gasteiger partial charge on any atom is -0.497 e. The summed E-state index contributed by atoms with van der Waals surface area (Å²) < 4.78 is 19.0. The molecule has 0 bridgehead atoms. The molecule has 0 atom stereocenters. The van der Waals surface area contributed by atoms with Crippen LogP contribution in [-0.4, -0.2) is 41.4 Å². The van der Waals surface area contributed by atoms with Crippen LogP contribution in [0.1, 0.15) is 34.5 Å². The summed E-state index contributed by atoms with van der Waals surface area (Å²) in [6.45, 7) is 3.02. The summed E-state index contributed by atoms with van der Waals surface area (Å²) in [7, 11) is 3.23. The maximum atomic E-state index is 13.7. The number of methoxy groups -OCH3 is 2. The molecule has 1 heterocycles. The van der Waals surface area contributed by atoms with Gasteiger partial charge in [-0.25, -0.2) is 4.68 Å². The maximum Gasteiger partial charge on any atom is 0.254 e. The fourth-order valence-corrected chi connectivity index (χ4v) is 4.31. The Labute approximate surface area is 217 Å². The van der Waals surface area contributed by atoms with Crippen LogP contribution in [0.4, 0.5) is 0 Å². The normalized spacial score (nSPS) is 12.7. The van der Waals surface area contributed by atoms with Crippen LogP contribution in [0.15, 0.2) is 78.9 Å². The quantitative estimate of drug-likeness (QED) is 0.267. The van der Waals surface area contributed by atoms with E-state index in [1.165, 1.54) is 0 Å². The Balaban J connectivity index is 1.54. The predicted molar refractivity (Wildman–Crippen MR) is 142 cm³/mol. The van der Waals surface area contributed by atoms with Gasteiger partial charge in [0.05, 0.1) is 37.7 Å². The highest BCUT2D eigenvalue weighted by Gasteiger charge is 2.30. The van der Waals surface area contributed by atoms with E-state index in [1.54, 1.807) is 25.0 Å². The lowest BCUT2D eigenvalue weighted by Crippen LogP contribution is -2.32. The maximum absolute atomic E-state index is 13.7. The molecular formula is C30H31N3O4. The summed E-state index contributed by atoms with van der Waals surface area (Å²) >= 11 is 0. The number of aromatic nitrogens is 2. The number of carbonyl (C=O) groups is 1. The first-order valence-electron chi connectivity index (χ1n) is 12.4. The third kappa shape index (κ3) is 5.61. The van der Waals surface area contributed by atoms with Crippen LogP contribution in [0.3, 0.4) is 0 Å². The second-order valence-corrected chi connectivity index (χ2v) is 9.26. The highest BCUT2D eigenvalue weighted by Crippen LogP contribution is 2.35. The van der Waals surface area contributed by atoms with Gasteiger partial charge in [-0.3, -0.25) is 4.79 Å². The second kappa shape index (κ2) is 10.8. The first-order chi connectivity index (χ1) is 18.1. The van der Waals surface area contributed by atoms with E-state index in [0.717, 1.165) is 29.8 Å². The van der Waals surface area contributed by atoms with Gasteiger partial charge in [-0.05, 0) is 68.1 Å². The van der Waals surface area contributed by atoms with Gasteiger partial charge in [0, 0.05) is 18.2 Å². The van der Waals surface area contributed by atoms with Crippen molar-refractivity contribution in [3.05, 3.63) is 95.7 Å². The molecule has 1 fully saturated rings. The molecule has 1 aromatic heterocycles. The molecule has 0 radical (unpaired) electrons. The fraction of sp³-hybridized carbons (Fsp3) is 0.267. The smallest absolute Gasteiger partial charge is 0.254 e. The molecule has 1 amide bonds. The van der Waals surface area contributed by atoms with Gasteiger partial charge in [0.2, 0.25) is 5.88 Å². The molecule has 1 aliphatic carbocycles. The Hall–Kier alpha value is -4.26. The summed E-state index contributed by atoms with van der Waals surface area (Å²) in [6, 6.07) is 24.7. The molecule has 7 nitrogen and oxygen atoms in total. The Morgan fingerprint density at radius 3 is 2.30 bits per heavy atom. The number of nitrogens with zero attached hydrogens (tertiary/aromatic N) is 3. The van der Waals surface area contributed by atoms with Crippen LogP contribution in [0.5, 0.6) is 23.1 Å². The van der Waals surface area contributed by atoms with E-state index in [9.17, 15) is 4.79 Å². The number of ether oxygens (including phenoxy) is 3. The number of rotatable bonds is 10. The Kier molecular flexibility index (Phi) is 7.12. The molecular weight excluding hydrogens is 466 g/mol. The van der Waals surface area contributed by atoms with Crippen molar-refractivity contribution in [3.8, 4) is 28.8 Å². The Bertz CT molecular complexity index is 1380. The van der Waals surface area contributed by atoms with E-state index in [0.29, 0.717) is 47.7 Å². The van der Waals surface area contributed by atoms with Crippen molar-refractivity contribution >= 4 is 5.91 Å². The van der Waals surface area contributed by atoms with Gasteiger partial charge in [-0.1, -0.05) is 30.3 Å². The molecule has 0 aliphatic heterocycles. The molecule has 3 aromatic carbocycles. The second-order valence-electron chi connectivity index (χ2n) is 9.26.